The molecule has 0 aliphatic carbocycles. The summed E-state index contributed by atoms with van der Waals surface area (Å²) in [5.41, 5.74) is 2.53. The Morgan fingerprint density at radius 3 is 2.78 bits per heavy atom. The number of amides is 2. The van der Waals surface area contributed by atoms with Crippen molar-refractivity contribution in [3.8, 4) is 11.3 Å². The molecule has 1 aliphatic heterocycles. The maximum absolute atomic E-state index is 12.4. The number of carbonyl (C=O) groups is 3. The van der Waals surface area contributed by atoms with E-state index in [0.29, 0.717) is 43.1 Å². The van der Waals surface area contributed by atoms with E-state index in [0.717, 1.165) is 12.0 Å². The molecule has 1 saturated heterocycles. The van der Waals surface area contributed by atoms with Gasteiger partial charge in [0, 0.05) is 42.5 Å². The average molecular weight is 367 g/mol. The summed E-state index contributed by atoms with van der Waals surface area (Å²) in [5, 5.41) is 2.82. The highest BCUT2D eigenvalue weighted by Gasteiger charge is 2.19. The first-order chi connectivity index (χ1) is 13.0. The van der Waals surface area contributed by atoms with Gasteiger partial charge >= 0.3 is 6.09 Å². The summed E-state index contributed by atoms with van der Waals surface area (Å²) >= 11 is 0. The average Bonchev–Trinajstić information content (AvgIpc) is 2.69. The Morgan fingerprint density at radius 2 is 2.07 bits per heavy atom. The molecule has 7 heteroatoms. The standard InChI is InChI=1S/C20H21N3O4/c1-14(24)17-6-7-18(22-13-17)15-4-2-5-16(12-15)19(25)21-8-10-23-9-3-11-27-20(23)26/h2,4-7,12-13H,3,8-11H2,1H3,(H,21,25). The predicted molar refractivity (Wildman–Crippen MR) is 99.5 cm³/mol. The first kappa shape index (κ1) is 18.6. The third-order valence-electron chi connectivity index (χ3n) is 4.31. The molecular weight excluding hydrogens is 346 g/mol. The van der Waals surface area contributed by atoms with Crippen LogP contribution in [-0.2, 0) is 4.74 Å². The van der Waals surface area contributed by atoms with E-state index in [1.807, 2.05) is 6.07 Å². The first-order valence-corrected chi connectivity index (χ1v) is 8.82. The fraction of sp³-hybridized carbons (Fsp3) is 0.300. The highest BCUT2D eigenvalue weighted by Crippen LogP contribution is 2.18. The van der Waals surface area contributed by atoms with Crippen molar-refractivity contribution in [2.24, 2.45) is 0 Å². The number of carbonyl (C=O) groups excluding carboxylic acids is 3. The number of nitrogens with one attached hydrogen (secondary N) is 1. The van der Waals surface area contributed by atoms with Gasteiger partial charge in [0.05, 0.1) is 12.3 Å². The molecule has 2 aromatic rings. The van der Waals surface area contributed by atoms with E-state index in [1.165, 1.54) is 13.1 Å². The van der Waals surface area contributed by atoms with E-state index in [1.54, 1.807) is 35.2 Å². The summed E-state index contributed by atoms with van der Waals surface area (Å²) in [4.78, 5) is 41.2. The normalized spacial score (nSPS) is 13.8. The quantitative estimate of drug-likeness (QED) is 0.793. The number of hydrogen-bond donors (Lipinski definition) is 1. The maximum atomic E-state index is 12.4. The number of aromatic nitrogens is 1. The van der Waals surface area contributed by atoms with Crippen molar-refractivity contribution < 1.29 is 19.1 Å². The van der Waals surface area contributed by atoms with Crippen LogP contribution in [0.1, 0.15) is 34.1 Å². The van der Waals surface area contributed by atoms with Gasteiger partial charge in [-0.3, -0.25) is 14.6 Å². The van der Waals surface area contributed by atoms with Crippen LogP contribution in [0.5, 0.6) is 0 Å². The molecule has 0 radical (unpaired) electrons. The monoisotopic (exact) mass is 367 g/mol. The first-order valence-electron chi connectivity index (χ1n) is 8.82. The summed E-state index contributed by atoms with van der Waals surface area (Å²) in [7, 11) is 0. The molecule has 1 N–H and O–H groups in total. The van der Waals surface area contributed by atoms with E-state index in [9.17, 15) is 14.4 Å². The molecular formula is C20H21N3O4. The van der Waals surface area contributed by atoms with Gasteiger partial charge in [-0.2, -0.15) is 0 Å². The number of ketones is 1. The van der Waals surface area contributed by atoms with Crippen LogP contribution in [0.3, 0.4) is 0 Å². The zero-order valence-electron chi connectivity index (χ0n) is 15.1. The molecule has 2 heterocycles. The Bertz CT molecular complexity index is 849. The number of benzene rings is 1. The summed E-state index contributed by atoms with van der Waals surface area (Å²) in [6, 6.07) is 10.6. The van der Waals surface area contributed by atoms with Crippen molar-refractivity contribution in [2.45, 2.75) is 13.3 Å². The Morgan fingerprint density at radius 1 is 1.22 bits per heavy atom. The number of pyridine rings is 1. The molecule has 2 amide bonds. The second-order valence-electron chi connectivity index (χ2n) is 6.28. The molecule has 1 aliphatic rings. The van der Waals surface area contributed by atoms with Crippen molar-refractivity contribution in [1.29, 1.82) is 0 Å². The van der Waals surface area contributed by atoms with Crippen LogP contribution in [0.25, 0.3) is 11.3 Å². The van der Waals surface area contributed by atoms with Crippen molar-refractivity contribution in [1.82, 2.24) is 15.2 Å². The summed E-state index contributed by atoms with van der Waals surface area (Å²) < 4.78 is 4.97. The van der Waals surface area contributed by atoms with Gasteiger partial charge in [-0.15, -0.1) is 0 Å². The van der Waals surface area contributed by atoms with Gasteiger partial charge in [-0.1, -0.05) is 12.1 Å². The number of rotatable bonds is 6. The molecule has 0 atom stereocenters. The molecule has 1 aromatic heterocycles. The molecule has 27 heavy (non-hydrogen) atoms. The molecule has 0 bridgehead atoms. The third-order valence-corrected chi connectivity index (χ3v) is 4.31. The maximum Gasteiger partial charge on any atom is 0.409 e. The molecule has 1 aromatic carbocycles. The van der Waals surface area contributed by atoms with Crippen LogP contribution in [0.4, 0.5) is 4.79 Å². The molecule has 3 rings (SSSR count). The summed E-state index contributed by atoms with van der Waals surface area (Å²) in [6.07, 6.45) is 2.00. The molecule has 0 spiro atoms. The minimum Gasteiger partial charge on any atom is -0.449 e. The van der Waals surface area contributed by atoms with Crippen molar-refractivity contribution in [3.63, 3.8) is 0 Å². The van der Waals surface area contributed by atoms with Crippen molar-refractivity contribution in [3.05, 3.63) is 53.7 Å². The second-order valence-corrected chi connectivity index (χ2v) is 6.28. The lowest BCUT2D eigenvalue weighted by atomic mass is 10.1. The number of hydrogen-bond acceptors (Lipinski definition) is 5. The third kappa shape index (κ3) is 4.69. The zero-order valence-corrected chi connectivity index (χ0v) is 15.1. The van der Waals surface area contributed by atoms with Crippen molar-refractivity contribution in [2.75, 3.05) is 26.2 Å². The SMILES string of the molecule is CC(=O)c1ccc(-c2cccc(C(=O)NCCN3CCCOC3=O)c2)nc1. The Hall–Kier alpha value is -3.22. The molecule has 1 fully saturated rings. The molecule has 140 valence electrons. The van der Waals surface area contributed by atoms with Crippen LogP contribution < -0.4 is 5.32 Å². The van der Waals surface area contributed by atoms with Crippen LogP contribution in [-0.4, -0.2) is 53.9 Å². The summed E-state index contributed by atoms with van der Waals surface area (Å²) in [6.45, 7) is 3.36. The van der Waals surface area contributed by atoms with Gasteiger partial charge in [0.25, 0.3) is 5.91 Å². The molecule has 0 unspecified atom stereocenters. The molecule has 0 saturated carbocycles. The lowest BCUT2D eigenvalue weighted by Gasteiger charge is -2.26. The number of cyclic esters (lactones) is 1. The Balaban J connectivity index is 1.61. The van der Waals surface area contributed by atoms with E-state index < -0.39 is 0 Å². The van der Waals surface area contributed by atoms with Gasteiger partial charge in [0.15, 0.2) is 5.78 Å². The number of nitrogens with zero attached hydrogens (tertiary/aromatic N) is 2. The van der Waals surface area contributed by atoms with E-state index >= 15 is 0 Å². The van der Waals surface area contributed by atoms with Gasteiger partial charge in [-0.25, -0.2) is 4.79 Å². The lowest BCUT2D eigenvalue weighted by Crippen LogP contribution is -2.42. The highest BCUT2D eigenvalue weighted by molar-refractivity contribution is 5.96. The Labute approximate surface area is 157 Å². The van der Waals surface area contributed by atoms with Gasteiger partial charge < -0.3 is 15.0 Å². The fourth-order valence-corrected chi connectivity index (χ4v) is 2.80. The minimum atomic E-state index is -0.336. The highest BCUT2D eigenvalue weighted by atomic mass is 16.6. The van der Waals surface area contributed by atoms with Gasteiger partial charge in [0.1, 0.15) is 0 Å². The topological polar surface area (TPSA) is 88.6 Å². The van der Waals surface area contributed by atoms with Crippen LogP contribution >= 0.6 is 0 Å². The predicted octanol–water partition coefficient (Wildman–Crippen LogP) is 2.52. The van der Waals surface area contributed by atoms with Crippen molar-refractivity contribution >= 4 is 17.8 Å². The van der Waals surface area contributed by atoms with E-state index in [2.05, 4.69) is 10.3 Å². The zero-order chi connectivity index (χ0) is 19.2. The lowest BCUT2D eigenvalue weighted by molar-refractivity contribution is 0.0719. The summed E-state index contributed by atoms with van der Waals surface area (Å²) in [5.74, 6) is -0.262. The fourth-order valence-electron chi connectivity index (χ4n) is 2.80. The smallest absolute Gasteiger partial charge is 0.409 e. The minimum absolute atomic E-state index is 0.0419. The van der Waals surface area contributed by atoms with Gasteiger partial charge in [0.2, 0.25) is 0 Å². The van der Waals surface area contributed by atoms with Crippen LogP contribution in [0.15, 0.2) is 42.6 Å². The van der Waals surface area contributed by atoms with Crippen LogP contribution in [0, 0.1) is 0 Å². The Kier molecular flexibility index (Phi) is 5.80. The second kappa shape index (κ2) is 8.44. The van der Waals surface area contributed by atoms with Gasteiger partial charge in [-0.05, 0) is 37.6 Å². The van der Waals surface area contributed by atoms with E-state index in [4.69, 9.17) is 4.74 Å². The molecule has 7 nitrogen and oxygen atoms in total. The largest absolute Gasteiger partial charge is 0.449 e. The number of Topliss-reactive ketones (excluding diaryl/α,β-unsaturated/α-hetero) is 1. The van der Waals surface area contributed by atoms with E-state index in [-0.39, 0.29) is 17.8 Å². The van der Waals surface area contributed by atoms with Crippen LogP contribution in [0.2, 0.25) is 0 Å². The number of ether oxygens (including phenoxy) is 1.